The van der Waals surface area contributed by atoms with Gasteiger partial charge in [-0.05, 0) is 30.3 Å². The number of carbonyl (C=O) groups is 1. The predicted molar refractivity (Wildman–Crippen MR) is 127 cm³/mol. The summed E-state index contributed by atoms with van der Waals surface area (Å²) in [5.74, 6) is 1.15. The molecule has 9 heteroatoms. The molecular weight excluding hydrogens is 450 g/mol. The molecule has 7 nitrogen and oxygen atoms in total. The zero-order chi connectivity index (χ0) is 22.5. The van der Waals surface area contributed by atoms with Gasteiger partial charge >= 0.3 is 0 Å². The van der Waals surface area contributed by atoms with Gasteiger partial charge in [0.1, 0.15) is 5.01 Å². The Kier molecular flexibility index (Phi) is 7.14. The van der Waals surface area contributed by atoms with Crippen LogP contribution in [0.5, 0.6) is 11.5 Å². The number of ether oxygens (including phenoxy) is 3. The second-order valence-electron chi connectivity index (χ2n) is 7.17. The van der Waals surface area contributed by atoms with Gasteiger partial charge in [0, 0.05) is 24.0 Å². The fourth-order valence-corrected chi connectivity index (χ4v) is 4.68. The summed E-state index contributed by atoms with van der Waals surface area (Å²) in [6.45, 7) is 2.73. The summed E-state index contributed by atoms with van der Waals surface area (Å²) in [7, 11) is 3.20. The maximum atomic E-state index is 12.8. The fraction of sp³-hybridized carbons (Fsp3) is 0.304. The molecule has 32 heavy (non-hydrogen) atoms. The van der Waals surface area contributed by atoms with E-state index in [2.05, 4.69) is 15.2 Å². The van der Waals surface area contributed by atoms with Crippen molar-refractivity contribution >= 4 is 40.2 Å². The first kappa shape index (κ1) is 22.4. The van der Waals surface area contributed by atoms with Gasteiger partial charge in [0.2, 0.25) is 5.91 Å². The lowest BCUT2D eigenvalue weighted by Gasteiger charge is -2.31. The molecule has 0 radical (unpaired) electrons. The van der Waals surface area contributed by atoms with E-state index in [-0.39, 0.29) is 12.3 Å². The van der Waals surface area contributed by atoms with Crippen LogP contribution in [0.4, 0.5) is 11.4 Å². The minimum Gasteiger partial charge on any atom is -0.493 e. The molecule has 0 spiro atoms. The lowest BCUT2D eigenvalue weighted by Crippen LogP contribution is -2.37. The number of hydrogen-bond acceptors (Lipinski definition) is 7. The molecule has 0 bridgehead atoms. The van der Waals surface area contributed by atoms with Gasteiger partial charge in [-0.25, -0.2) is 4.98 Å². The van der Waals surface area contributed by atoms with Crippen molar-refractivity contribution in [3.05, 3.63) is 52.5 Å². The third kappa shape index (κ3) is 4.98. The minimum atomic E-state index is -0.147. The highest BCUT2D eigenvalue weighted by Gasteiger charge is 2.19. The Morgan fingerprint density at radius 3 is 2.72 bits per heavy atom. The highest BCUT2D eigenvalue weighted by molar-refractivity contribution is 7.13. The van der Waals surface area contributed by atoms with Crippen LogP contribution in [0.15, 0.2) is 41.8 Å². The van der Waals surface area contributed by atoms with Gasteiger partial charge in [0.15, 0.2) is 11.5 Å². The average Bonchev–Trinajstić information content (AvgIpc) is 3.27. The molecule has 2 aromatic carbocycles. The molecule has 1 aliphatic heterocycles. The van der Waals surface area contributed by atoms with Crippen molar-refractivity contribution < 1.29 is 19.0 Å². The molecule has 0 saturated carbocycles. The van der Waals surface area contributed by atoms with E-state index in [9.17, 15) is 4.79 Å². The van der Waals surface area contributed by atoms with E-state index in [1.165, 1.54) is 11.3 Å². The van der Waals surface area contributed by atoms with Crippen LogP contribution in [0.1, 0.15) is 5.69 Å². The third-order valence-electron chi connectivity index (χ3n) is 5.11. The summed E-state index contributed by atoms with van der Waals surface area (Å²) in [6.07, 6.45) is 0.166. The molecule has 3 aromatic rings. The second-order valence-corrected chi connectivity index (χ2v) is 8.44. The van der Waals surface area contributed by atoms with Crippen LogP contribution in [0.25, 0.3) is 10.6 Å². The van der Waals surface area contributed by atoms with E-state index in [1.54, 1.807) is 14.2 Å². The predicted octanol–water partition coefficient (Wildman–Crippen LogP) is 4.50. The van der Waals surface area contributed by atoms with Gasteiger partial charge in [0.25, 0.3) is 0 Å². The van der Waals surface area contributed by atoms with Crippen molar-refractivity contribution in [2.75, 3.05) is 50.7 Å². The Labute approximate surface area is 195 Å². The van der Waals surface area contributed by atoms with Gasteiger partial charge < -0.3 is 24.4 Å². The molecular formula is C23H24ClN3O4S. The van der Waals surface area contributed by atoms with Gasteiger partial charge in [-0.3, -0.25) is 4.79 Å². The van der Waals surface area contributed by atoms with Crippen LogP contribution in [-0.2, 0) is 16.0 Å². The molecule has 0 atom stereocenters. The average molecular weight is 474 g/mol. The fourth-order valence-electron chi connectivity index (χ4n) is 3.57. The molecule has 1 amide bonds. The molecule has 168 valence electrons. The molecule has 0 aliphatic carbocycles. The van der Waals surface area contributed by atoms with Crippen LogP contribution in [-0.4, -0.2) is 51.4 Å². The van der Waals surface area contributed by atoms with Crippen LogP contribution < -0.4 is 19.7 Å². The number of methoxy groups -OCH3 is 2. The first-order valence-corrected chi connectivity index (χ1v) is 11.4. The summed E-state index contributed by atoms with van der Waals surface area (Å²) in [5.41, 5.74) is 3.13. The number of rotatable bonds is 7. The quantitative estimate of drug-likeness (QED) is 0.544. The lowest BCUT2D eigenvalue weighted by atomic mass is 10.2. The number of morpholine rings is 1. The van der Waals surface area contributed by atoms with E-state index in [0.29, 0.717) is 41.1 Å². The van der Waals surface area contributed by atoms with Crippen LogP contribution >= 0.6 is 22.9 Å². The SMILES string of the molecule is COc1ccc(-c2nc(CC(=O)Nc3cccc(Cl)c3N3CCOCC3)cs2)cc1OC. The molecule has 1 aliphatic rings. The number of benzene rings is 2. The van der Waals surface area contributed by atoms with Gasteiger partial charge in [-0.2, -0.15) is 0 Å². The van der Waals surface area contributed by atoms with E-state index in [4.69, 9.17) is 25.8 Å². The number of carbonyl (C=O) groups excluding carboxylic acids is 1. The number of halogens is 1. The Bertz CT molecular complexity index is 1100. The molecule has 1 saturated heterocycles. The molecule has 0 unspecified atom stereocenters. The molecule has 1 aromatic heterocycles. The third-order valence-corrected chi connectivity index (χ3v) is 6.36. The topological polar surface area (TPSA) is 72.9 Å². The number of nitrogens with zero attached hydrogens (tertiary/aromatic N) is 2. The van der Waals surface area contributed by atoms with E-state index in [0.717, 1.165) is 29.3 Å². The van der Waals surface area contributed by atoms with E-state index < -0.39 is 0 Å². The van der Waals surface area contributed by atoms with Gasteiger partial charge in [-0.1, -0.05) is 17.7 Å². The lowest BCUT2D eigenvalue weighted by molar-refractivity contribution is -0.115. The van der Waals surface area contributed by atoms with Crippen LogP contribution in [0.2, 0.25) is 5.02 Å². The van der Waals surface area contributed by atoms with Gasteiger partial charge in [0.05, 0.1) is 55.9 Å². The number of anilines is 2. The van der Waals surface area contributed by atoms with Crippen molar-refractivity contribution in [1.29, 1.82) is 0 Å². The van der Waals surface area contributed by atoms with Crippen LogP contribution in [0, 0.1) is 0 Å². The summed E-state index contributed by atoms with van der Waals surface area (Å²) in [5, 5.41) is 6.31. The van der Waals surface area contributed by atoms with Crippen molar-refractivity contribution in [3.8, 4) is 22.1 Å². The molecule has 1 fully saturated rings. The first-order chi connectivity index (χ1) is 15.6. The normalized spacial score (nSPS) is 13.7. The maximum absolute atomic E-state index is 12.8. The first-order valence-electron chi connectivity index (χ1n) is 10.2. The summed E-state index contributed by atoms with van der Waals surface area (Å²) < 4.78 is 16.1. The number of nitrogens with one attached hydrogen (secondary N) is 1. The summed E-state index contributed by atoms with van der Waals surface area (Å²) in [4.78, 5) is 19.6. The maximum Gasteiger partial charge on any atom is 0.230 e. The monoisotopic (exact) mass is 473 g/mol. The van der Waals surface area contributed by atoms with Crippen molar-refractivity contribution in [3.63, 3.8) is 0 Å². The van der Waals surface area contributed by atoms with Crippen molar-refractivity contribution in [2.24, 2.45) is 0 Å². The van der Waals surface area contributed by atoms with E-state index >= 15 is 0 Å². The number of para-hydroxylation sites is 1. The van der Waals surface area contributed by atoms with Crippen molar-refractivity contribution in [1.82, 2.24) is 4.98 Å². The largest absolute Gasteiger partial charge is 0.493 e. The summed E-state index contributed by atoms with van der Waals surface area (Å²) in [6, 6.07) is 11.2. The highest BCUT2D eigenvalue weighted by Crippen LogP contribution is 2.35. The smallest absolute Gasteiger partial charge is 0.230 e. The Hall–Kier alpha value is -2.81. The van der Waals surface area contributed by atoms with Crippen molar-refractivity contribution in [2.45, 2.75) is 6.42 Å². The zero-order valence-corrected chi connectivity index (χ0v) is 19.5. The van der Waals surface area contributed by atoms with Gasteiger partial charge in [-0.15, -0.1) is 11.3 Å². The molecule has 2 heterocycles. The zero-order valence-electron chi connectivity index (χ0n) is 17.9. The number of thiazole rings is 1. The Morgan fingerprint density at radius 2 is 1.97 bits per heavy atom. The molecule has 4 rings (SSSR count). The van der Waals surface area contributed by atoms with Crippen LogP contribution in [0.3, 0.4) is 0 Å². The summed E-state index contributed by atoms with van der Waals surface area (Å²) >= 11 is 7.94. The Balaban J connectivity index is 1.47. The van der Waals surface area contributed by atoms with E-state index in [1.807, 2.05) is 41.8 Å². The Morgan fingerprint density at radius 1 is 1.19 bits per heavy atom. The number of amides is 1. The number of hydrogen-bond donors (Lipinski definition) is 1. The standard InChI is InChI=1S/C23H24ClN3O4S/c1-29-19-7-6-15(12-20(19)30-2)23-25-16(14-32-23)13-21(28)26-18-5-3-4-17(24)22(18)27-8-10-31-11-9-27/h3-7,12,14H,8-11,13H2,1-2H3,(H,26,28). The minimum absolute atomic E-state index is 0.147. The number of aromatic nitrogens is 1. The molecule has 1 N–H and O–H groups in total. The highest BCUT2D eigenvalue weighted by atomic mass is 35.5. The second kappa shape index (κ2) is 10.2.